The Bertz CT molecular complexity index is 882. The number of anilines is 1. The van der Waals surface area contributed by atoms with E-state index in [1.54, 1.807) is 23.1 Å². The Hall–Kier alpha value is -2.53. The standard InChI is InChI=1S/C21H23ClN2O3/c1-13-6-8-17(14(2)11-13)23-20(25)18-5-4-10-24(18)21(26)16-12-15(22)7-9-19(16)27-3/h6-9,11-12,18H,4-5,10H2,1-3H3,(H,23,25)/t18-/m1/s1. The van der Waals surface area contributed by atoms with Gasteiger partial charge in [0.1, 0.15) is 11.8 Å². The smallest absolute Gasteiger partial charge is 0.258 e. The van der Waals surface area contributed by atoms with Crippen molar-refractivity contribution < 1.29 is 14.3 Å². The fourth-order valence-electron chi connectivity index (χ4n) is 3.45. The molecule has 1 aliphatic heterocycles. The molecular formula is C21H23ClN2O3. The molecule has 2 aromatic rings. The average Bonchev–Trinajstić information content (AvgIpc) is 3.13. The lowest BCUT2D eigenvalue weighted by molar-refractivity contribution is -0.119. The largest absolute Gasteiger partial charge is 0.496 e. The molecule has 1 N–H and O–H groups in total. The first-order valence-corrected chi connectivity index (χ1v) is 9.31. The number of nitrogens with one attached hydrogen (secondary N) is 1. The van der Waals surface area contributed by atoms with E-state index in [0.29, 0.717) is 29.3 Å². The Balaban J connectivity index is 1.81. The van der Waals surface area contributed by atoms with E-state index in [4.69, 9.17) is 16.3 Å². The topological polar surface area (TPSA) is 58.6 Å². The summed E-state index contributed by atoms with van der Waals surface area (Å²) in [4.78, 5) is 27.5. The van der Waals surface area contributed by atoms with Crippen LogP contribution in [-0.2, 0) is 4.79 Å². The minimum Gasteiger partial charge on any atom is -0.496 e. The van der Waals surface area contributed by atoms with Crippen LogP contribution in [0, 0.1) is 13.8 Å². The van der Waals surface area contributed by atoms with Crippen molar-refractivity contribution in [3.8, 4) is 5.75 Å². The second-order valence-corrected chi connectivity index (χ2v) is 7.25. The number of carbonyl (C=O) groups is 2. The summed E-state index contributed by atoms with van der Waals surface area (Å²) in [6.45, 7) is 4.49. The van der Waals surface area contributed by atoms with E-state index in [9.17, 15) is 9.59 Å². The van der Waals surface area contributed by atoms with E-state index >= 15 is 0 Å². The van der Waals surface area contributed by atoms with E-state index in [0.717, 1.165) is 23.2 Å². The fourth-order valence-corrected chi connectivity index (χ4v) is 3.63. The number of methoxy groups -OCH3 is 1. The molecule has 0 radical (unpaired) electrons. The molecule has 1 heterocycles. The van der Waals surface area contributed by atoms with Crippen LogP contribution in [0.15, 0.2) is 36.4 Å². The van der Waals surface area contributed by atoms with Crippen molar-refractivity contribution in [3.05, 3.63) is 58.1 Å². The van der Waals surface area contributed by atoms with Crippen LogP contribution in [0.25, 0.3) is 0 Å². The van der Waals surface area contributed by atoms with Crippen LogP contribution < -0.4 is 10.1 Å². The fraction of sp³-hybridized carbons (Fsp3) is 0.333. The predicted octanol–water partition coefficient (Wildman–Crippen LogP) is 4.21. The van der Waals surface area contributed by atoms with Gasteiger partial charge >= 0.3 is 0 Å². The van der Waals surface area contributed by atoms with Crippen LogP contribution >= 0.6 is 11.6 Å². The first-order valence-electron chi connectivity index (χ1n) is 8.93. The zero-order chi connectivity index (χ0) is 19.6. The molecule has 2 amide bonds. The number of amides is 2. The first-order chi connectivity index (χ1) is 12.9. The van der Waals surface area contributed by atoms with Crippen LogP contribution in [-0.4, -0.2) is 36.4 Å². The third-order valence-electron chi connectivity index (χ3n) is 4.85. The van der Waals surface area contributed by atoms with Crippen molar-refractivity contribution in [3.63, 3.8) is 0 Å². The number of hydrogen-bond donors (Lipinski definition) is 1. The Morgan fingerprint density at radius 3 is 2.67 bits per heavy atom. The normalized spacial score (nSPS) is 16.3. The molecule has 1 atom stereocenters. The van der Waals surface area contributed by atoms with Crippen LogP contribution in [0.4, 0.5) is 5.69 Å². The molecule has 0 saturated carbocycles. The molecule has 2 aromatic carbocycles. The first kappa shape index (κ1) is 19.2. The summed E-state index contributed by atoms with van der Waals surface area (Å²) < 4.78 is 5.29. The highest BCUT2D eigenvalue weighted by atomic mass is 35.5. The molecule has 0 bridgehead atoms. The summed E-state index contributed by atoms with van der Waals surface area (Å²) in [6, 6.07) is 10.3. The van der Waals surface area contributed by atoms with Crippen molar-refractivity contribution in [1.82, 2.24) is 4.90 Å². The lowest BCUT2D eigenvalue weighted by atomic mass is 10.1. The van der Waals surface area contributed by atoms with Crippen molar-refractivity contribution in [2.45, 2.75) is 32.7 Å². The lowest BCUT2D eigenvalue weighted by Crippen LogP contribution is -2.43. The lowest BCUT2D eigenvalue weighted by Gasteiger charge is -2.25. The number of benzene rings is 2. The second kappa shape index (κ2) is 8.01. The van der Waals surface area contributed by atoms with Gasteiger partial charge in [0, 0.05) is 17.3 Å². The molecule has 0 aromatic heterocycles. The molecule has 1 fully saturated rings. The Labute approximate surface area is 164 Å². The zero-order valence-electron chi connectivity index (χ0n) is 15.7. The number of likely N-dealkylation sites (tertiary alicyclic amines) is 1. The van der Waals surface area contributed by atoms with Crippen LogP contribution in [0.3, 0.4) is 0 Å². The van der Waals surface area contributed by atoms with Crippen molar-refractivity contribution in [2.75, 3.05) is 19.0 Å². The van der Waals surface area contributed by atoms with Gasteiger partial charge in [0.15, 0.2) is 0 Å². The third-order valence-corrected chi connectivity index (χ3v) is 5.08. The summed E-state index contributed by atoms with van der Waals surface area (Å²) in [6.07, 6.45) is 1.41. The highest BCUT2D eigenvalue weighted by molar-refractivity contribution is 6.31. The van der Waals surface area contributed by atoms with Crippen molar-refractivity contribution >= 4 is 29.1 Å². The second-order valence-electron chi connectivity index (χ2n) is 6.81. The summed E-state index contributed by atoms with van der Waals surface area (Å²) >= 11 is 6.06. The van der Waals surface area contributed by atoms with Crippen molar-refractivity contribution in [2.24, 2.45) is 0 Å². The van der Waals surface area contributed by atoms with E-state index in [1.165, 1.54) is 7.11 Å². The highest BCUT2D eigenvalue weighted by Crippen LogP contribution is 2.28. The number of aryl methyl sites for hydroxylation is 2. The Morgan fingerprint density at radius 2 is 1.96 bits per heavy atom. The molecule has 27 heavy (non-hydrogen) atoms. The molecule has 1 saturated heterocycles. The Morgan fingerprint density at radius 1 is 1.19 bits per heavy atom. The van der Waals surface area contributed by atoms with Gasteiger partial charge in [-0.25, -0.2) is 0 Å². The number of hydrogen-bond acceptors (Lipinski definition) is 3. The summed E-state index contributed by atoms with van der Waals surface area (Å²) in [5, 5.41) is 3.42. The van der Waals surface area contributed by atoms with Crippen LogP contribution in [0.5, 0.6) is 5.75 Å². The minimum atomic E-state index is -0.512. The van der Waals surface area contributed by atoms with E-state index in [-0.39, 0.29) is 11.8 Å². The molecule has 0 spiro atoms. The van der Waals surface area contributed by atoms with Crippen molar-refractivity contribution in [1.29, 1.82) is 0 Å². The molecular weight excluding hydrogens is 364 g/mol. The monoisotopic (exact) mass is 386 g/mol. The van der Waals surface area contributed by atoms with Gasteiger partial charge in [-0.2, -0.15) is 0 Å². The number of rotatable bonds is 4. The summed E-state index contributed by atoms with van der Waals surface area (Å²) in [7, 11) is 1.51. The van der Waals surface area contributed by atoms with Crippen LogP contribution in [0.1, 0.15) is 34.3 Å². The van der Waals surface area contributed by atoms with Gasteiger partial charge in [-0.3, -0.25) is 9.59 Å². The summed E-state index contributed by atoms with van der Waals surface area (Å²) in [5.41, 5.74) is 3.27. The van der Waals surface area contributed by atoms with E-state index < -0.39 is 6.04 Å². The van der Waals surface area contributed by atoms with Gasteiger partial charge in [-0.05, 0) is 56.5 Å². The molecule has 3 rings (SSSR count). The predicted molar refractivity (Wildman–Crippen MR) is 107 cm³/mol. The van der Waals surface area contributed by atoms with E-state index in [1.807, 2.05) is 32.0 Å². The number of carbonyl (C=O) groups excluding carboxylic acids is 2. The summed E-state index contributed by atoms with van der Waals surface area (Å²) in [5.74, 6) is 0.0336. The zero-order valence-corrected chi connectivity index (χ0v) is 16.5. The van der Waals surface area contributed by atoms with Gasteiger partial charge in [0.25, 0.3) is 5.91 Å². The number of nitrogens with zero attached hydrogens (tertiary/aromatic N) is 1. The van der Waals surface area contributed by atoms with E-state index in [2.05, 4.69) is 5.32 Å². The third kappa shape index (κ3) is 4.08. The molecule has 6 heteroatoms. The van der Waals surface area contributed by atoms with Gasteiger partial charge in [-0.1, -0.05) is 29.3 Å². The van der Waals surface area contributed by atoms with Gasteiger partial charge in [-0.15, -0.1) is 0 Å². The maximum atomic E-state index is 13.1. The number of halogens is 1. The van der Waals surface area contributed by atoms with Gasteiger partial charge in [0.05, 0.1) is 12.7 Å². The highest BCUT2D eigenvalue weighted by Gasteiger charge is 2.35. The molecule has 1 aliphatic rings. The number of ether oxygens (including phenoxy) is 1. The molecule has 0 aliphatic carbocycles. The minimum absolute atomic E-state index is 0.172. The average molecular weight is 387 g/mol. The molecule has 5 nitrogen and oxygen atoms in total. The van der Waals surface area contributed by atoms with Crippen LogP contribution in [0.2, 0.25) is 5.02 Å². The Kier molecular flexibility index (Phi) is 5.71. The van der Waals surface area contributed by atoms with Gasteiger partial charge < -0.3 is 15.0 Å². The van der Waals surface area contributed by atoms with Gasteiger partial charge in [0.2, 0.25) is 5.91 Å². The quantitative estimate of drug-likeness (QED) is 0.856. The SMILES string of the molecule is COc1ccc(Cl)cc1C(=O)N1CCC[C@@H]1C(=O)Nc1ccc(C)cc1C. The molecule has 0 unspecified atom stereocenters. The maximum Gasteiger partial charge on any atom is 0.258 e. The maximum absolute atomic E-state index is 13.1. The molecule has 142 valence electrons.